The van der Waals surface area contributed by atoms with Gasteiger partial charge >= 0.3 is 0 Å². The number of methoxy groups -OCH3 is 1. The number of benzene rings is 2. The summed E-state index contributed by atoms with van der Waals surface area (Å²) in [5.74, 6) is 6.19. The Balaban J connectivity index is 2.57. The molecular formula is C11H12N2O. The Morgan fingerprint density at radius 2 is 1.79 bits per heavy atom. The van der Waals surface area contributed by atoms with Crippen molar-refractivity contribution in [2.45, 2.75) is 0 Å². The topological polar surface area (TPSA) is 47.3 Å². The minimum Gasteiger partial charge on any atom is -0.497 e. The molecule has 0 heterocycles. The molecule has 0 radical (unpaired) electrons. The molecule has 0 bridgehead atoms. The van der Waals surface area contributed by atoms with Crippen LogP contribution >= 0.6 is 0 Å². The van der Waals surface area contributed by atoms with E-state index in [1.54, 1.807) is 7.11 Å². The zero-order valence-electron chi connectivity index (χ0n) is 7.95. The van der Waals surface area contributed by atoms with Crippen LogP contribution in [0.5, 0.6) is 5.75 Å². The van der Waals surface area contributed by atoms with Crippen LogP contribution in [-0.2, 0) is 0 Å². The maximum absolute atomic E-state index is 5.32. The predicted octanol–water partition coefficient (Wildman–Crippen LogP) is 2.13. The first-order valence-corrected chi connectivity index (χ1v) is 4.38. The minimum absolute atomic E-state index is 0.867. The first-order chi connectivity index (χ1) is 6.83. The average Bonchev–Trinajstić information content (AvgIpc) is 2.27. The SMILES string of the molecule is COc1ccc2cc(NN)ccc2c1. The van der Waals surface area contributed by atoms with Gasteiger partial charge in [-0.2, -0.15) is 0 Å². The fourth-order valence-electron chi connectivity index (χ4n) is 1.44. The van der Waals surface area contributed by atoms with Crippen molar-refractivity contribution in [3.05, 3.63) is 36.4 Å². The molecule has 0 atom stereocenters. The van der Waals surface area contributed by atoms with Crippen LogP contribution in [0.1, 0.15) is 0 Å². The van der Waals surface area contributed by atoms with E-state index < -0.39 is 0 Å². The molecule has 0 aliphatic carbocycles. The molecule has 0 aromatic heterocycles. The molecule has 0 fully saturated rings. The van der Waals surface area contributed by atoms with Crippen LogP contribution < -0.4 is 16.0 Å². The van der Waals surface area contributed by atoms with E-state index in [0.29, 0.717) is 0 Å². The number of hydrogen-bond acceptors (Lipinski definition) is 3. The van der Waals surface area contributed by atoms with Crippen molar-refractivity contribution in [3.63, 3.8) is 0 Å². The van der Waals surface area contributed by atoms with Gasteiger partial charge in [-0.05, 0) is 35.0 Å². The highest BCUT2D eigenvalue weighted by Crippen LogP contribution is 2.23. The van der Waals surface area contributed by atoms with Crippen molar-refractivity contribution in [1.29, 1.82) is 0 Å². The molecule has 0 unspecified atom stereocenters. The van der Waals surface area contributed by atoms with Crippen LogP contribution in [0.2, 0.25) is 0 Å². The van der Waals surface area contributed by atoms with Crippen molar-refractivity contribution >= 4 is 16.5 Å². The second-order valence-electron chi connectivity index (χ2n) is 3.07. The summed E-state index contributed by atoms with van der Waals surface area (Å²) in [5.41, 5.74) is 3.52. The second-order valence-corrected chi connectivity index (χ2v) is 3.07. The number of nitrogens with one attached hydrogen (secondary N) is 1. The zero-order chi connectivity index (χ0) is 9.97. The standard InChI is InChI=1S/C11H12N2O/c1-14-11-5-3-8-6-10(13-12)4-2-9(8)7-11/h2-7,13H,12H2,1H3. The van der Waals surface area contributed by atoms with E-state index in [1.807, 2.05) is 36.4 Å². The Kier molecular flexibility index (Phi) is 2.24. The lowest BCUT2D eigenvalue weighted by Crippen LogP contribution is -2.06. The number of anilines is 1. The van der Waals surface area contributed by atoms with Crippen molar-refractivity contribution in [1.82, 2.24) is 0 Å². The molecule has 3 heteroatoms. The Morgan fingerprint density at radius 1 is 1.07 bits per heavy atom. The van der Waals surface area contributed by atoms with Crippen LogP contribution in [0.3, 0.4) is 0 Å². The van der Waals surface area contributed by atoms with Gasteiger partial charge in [0.25, 0.3) is 0 Å². The van der Waals surface area contributed by atoms with E-state index >= 15 is 0 Å². The number of hydrogen-bond donors (Lipinski definition) is 2. The average molecular weight is 188 g/mol. The van der Waals surface area contributed by atoms with E-state index in [-0.39, 0.29) is 0 Å². The quantitative estimate of drug-likeness (QED) is 0.560. The van der Waals surface area contributed by atoms with Crippen LogP contribution in [0.25, 0.3) is 10.8 Å². The summed E-state index contributed by atoms with van der Waals surface area (Å²) < 4.78 is 5.14. The summed E-state index contributed by atoms with van der Waals surface area (Å²) >= 11 is 0. The fraction of sp³-hybridized carbons (Fsp3) is 0.0909. The Bertz CT molecular complexity index is 411. The summed E-state index contributed by atoms with van der Waals surface area (Å²) in [6.07, 6.45) is 0. The lowest BCUT2D eigenvalue weighted by Gasteiger charge is -2.04. The Morgan fingerprint density at radius 3 is 2.50 bits per heavy atom. The predicted molar refractivity (Wildman–Crippen MR) is 58.3 cm³/mol. The van der Waals surface area contributed by atoms with Crippen LogP contribution in [-0.4, -0.2) is 7.11 Å². The fourth-order valence-corrected chi connectivity index (χ4v) is 1.44. The van der Waals surface area contributed by atoms with Crippen molar-refractivity contribution < 1.29 is 4.74 Å². The molecule has 0 aliphatic rings. The van der Waals surface area contributed by atoms with Crippen LogP contribution in [0, 0.1) is 0 Å². The summed E-state index contributed by atoms with van der Waals surface area (Å²) in [6.45, 7) is 0. The van der Waals surface area contributed by atoms with Gasteiger partial charge in [0.05, 0.1) is 7.11 Å². The zero-order valence-corrected chi connectivity index (χ0v) is 7.95. The first kappa shape index (κ1) is 8.84. The van der Waals surface area contributed by atoms with Crippen molar-refractivity contribution in [2.75, 3.05) is 12.5 Å². The monoisotopic (exact) mass is 188 g/mol. The number of rotatable bonds is 2. The summed E-state index contributed by atoms with van der Waals surface area (Å²) in [5, 5.41) is 2.28. The van der Waals surface area contributed by atoms with Gasteiger partial charge in [0.15, 0.2) is 0 Å². The third kappa shape index (κ3) is 1.49. The van der Waals surface area contributed by atoms with Gasteiger partial charge in [-0.15, -0.1) is 0 Å². The van der Waals surface area contributed by atoms with E-state index in [1.165, 1.54) is 0 Å². The molecule has 2 aromatic rings. The lowest BCUT2D eigenvalue weighted by molar-refractivity contribution is 0.415. The highest BCUT2D eigenvalue weighted by Gasteiger charge is 1.97. The van der Waals surface area contributed by atoms with Gasteiger partial charge in [-0.3, -0.25) is 5.84 Å². The van der Waals surface area contributed by atoms with Gasteiger partial charge in [0, 0.05) is 5.69 Å². The molecule has 3 nitrogen and oxygen atoms in total. The van der Waals surface area contributed by atoms with E-state index in [4.69, 9.17) is 10.6 Å². The molecule has 14 heavy (non-hydrogen) atoms. The molecule has 72 valence electrons. The van der Waals surface area contributed by atoms with Crippen molar-refractivity contribution in [3.8, 4) is 5.75 Å². The lowest BCUT2D eigenvalue weighted by atomic mass is 10.1. The summed E-state index contributed by atoms with van der Waals surface area (Å²) in [6, 6.07) is 11.9. The first-order valence-electron chi connectivity index (χ1n) is 4.38. The van der Waals surface area contributed by atoms with Gasteiger partial charge in [-0.25, -0.2) is 0 Å². The molecule has 0 saturated heterocycles. The van der Waals surface area contributed by atoms with E-state index in [2.05, 4.69) is 5.43 Å². The minimum atomic E-state index is 0.867. The van der Waals surface area contributed by atoms with Gasteiger partial charge < -0.3 is 10.2 Å². The molecule has 0 spiro atoms. The van der Waals surface area contributed by atoms with E-state index in [9.17, 15) is 0 Å². The molecule has 0 saturated carbocycles. The number of fused-ring (bicyclic) bond motifs is 1. The second kappa shape index (κ2) is 3.55. The third-order valence-corrected chi connectivity index (χ3v) is 2.21. The molecule has 2 rings (SSSR count). The number of nitrogens with two attached hydrogens (primary N) is 1. The number of nitrogen functional groups attached to an aromatic ring is 1. The molecule has 3 N–H and O–H groups in total. The molecule has 0 aliphatic heterocycles. The van der Waals surface area contributed by atoms with Gasteiger partial charge in [0.2, 0.25) is 0 Å². The number of hydrazine groups is 1. The smallest absolute Gasteiger partial charge is 0.119 e. The van der Waals surface area contributed by atoms with Gasteiger partial charge in [-0.1, -0.05) is 12.1 Å². The van der Waals surface area contributed by atoms with Crippen LogP contribution in [0.15, 0.2) is 36.4 Å². The maximum atomic E-state index is 5.32. The highest BCUT2D eigenvalue weighted by atomic mass is 16.5. The number of ether oxygens (including phenoxy) is 1. The Labute approximate surface area is 82.5 Å². The Hall–Kier alpha value is -1.74. The highest BCUT2D eigenvalue weighted by molar-refractivity contribution is 5.86. The van der Waals surface area contributed by atoms with Gasteiger partial charge in [0.1, 0.15) is 5.75 Å². The molecule has 0 amide bonds. The summed E-state index contributed by atoms with van der Waals surface area (Å²) in [4.78, 5) is 0. The van der Waals surface area contributed by atoms with E-state index in [0.717, 1.165) is 22.2 Å². The molecule has 2 aromatic carbocycles. The summed E-state index contributed by atoms with van der Waals surface area (Å²) in [7, 11) is 1.66. The van der Waals surface area contributed by atoms with Crippen LogP contribution in [0.4, 0.5) is 5.69 Å². The molecular weight excluding hydrogens is 176 g/mol. The largest absolute Gasteiger partial charge is 0.497 e. The normalized spacial score (nSPS) is 10.1. The third-order valence-electron chi connectivity index (χ3n) is 2.21. The maximum Gasteiger partial charge on any atom is 0.119 e. The van der Waals surface area contributed by atoms with Crippen molar-refractivity contribution in [2.24, 2.45) is 5.84 Å².